The number of rotatable bonds is 3. The number of aromatic nitrogens is 1. The van der Waals surface area contributed by atoms with Gasteiger partial charge < -0.3 is 11.1 Å². The number of amides is 1. The molecule has 0 aliphatic rings. The van der Waals surface area contributed by atoms with E-state index in [9.17, 15) is 4.79 Å². The average molecular weight is 261 g/mol. The third-order valence-electron chi connectivity index (χ3n) is 2.71. The molecular formula is C13H15N3OS. The fourth-order valence-corrected chi connectivity index (χ4v) is 2.38. The van der Waals surface area contributed by atoms with Gasteiger partial charge in [-0.05, 0) is 31.5 Å². The Morgan fingerprint density at radius 2 is 2.22 bits per heavy atom. The van der Waals surface area contributed by atoms with Crippen LogP contribution in [-0.2, 0) is 6.54 Å². The number of nitrogens with one attached hydrogen (secondary N) is 1. The molecule has 0 bridgehead atoms. The molecule has 0 radical (unpaired) electrons. The van der Waals surface area contributed by atoms with Crippen molar-refractivity contribution in [3.8, 4) is 0 Å². The molecule has 2 rings (SSSR count). The summed E-state index contributed by atoms with van der Waals surface area (Å²) in [6.45, 7) is 4.29. The highest BCUT2D eigenvalue weighted by Crippen LogP contribution is 2.16. The van der Waals surface area contributed by atoms with Gasteiger partial charge in [0, 0.05) is 22.3 Å². The molecule has 0 saturated carbocycles. The molecule has 94 valence electrons. The molecule has 1 aromatic heterocycles. The summed E-state index contributed by atoms with van der Waals surface area (Å²) in [4.78, 5) is 17.2. The smallest absolute Gasteiger partial charge is 0.251 e. The van der Waals surface area contributed by atoms with Crippen LogP contribution in [0.3, 0.4) is 0 Å². The minimum atomic E-state index is -0.106. The third kappa shape index (κ3) is 2.68. The fourth-order valence-electron chi connectivity index (χ4n) is 1.65. The molecule has 0 aliphatic heterocycles. The van der Waals surface area contributed by atoms with Gasteiger partial charge in [-0.25, -0.2) is 4.98 Å². The van der Waals surface area contributed by atoms with Crippen molar-refractivity contribution >= 4 is 22.9 Å². The summed E-state index contributed by atoms with van der Waals surface area (Å²) in [5.41, 5.74) is 7.85. The predicted octanol–water partition coefficient (Wildman–Crippen LogP) is 2.27. The van der Waals surface area contributed by atoms with E-state index in [0.717, 1.165) is 15.4 Å². The summed E-state index contributed by atoms with van der Waals surface area (Å²) in [6.07, 6.45) is 1.78. The standard InChI is InChI=1S/C13H15N3OS/c1-8-11(4-3-5-12(8)14)13(17)16-7-10-6-15-9(2)18-10/h3-6H,7,14H2,1-2H3,(H,16,17). The van der Waals surface area contributed by atoms with E-state index in [0.29, 0.717) is 17.8 Å². The lowest BCUT2D eigenvalue weighted by atomic mass is 10.1. The molecule has 0 saturated heterocycles. The highest BCUT2D eigenvalue weighted by Gasteiger charge is 2.10. The second-order valence-electron chi connectivity index (χ2n) is 4.05. The molecule has 1 heterocycles. The minimum absolute atomic E-state index is 0.106. The summed E-state index contributed by atoms with van der Waals surface area (Å²) in [5.74, 6) is -0.106. The van der Waals surface area contributed by atoms with Gasteiger partial charge in [0.05, 0.1) is 11.6 Å². The molecule has 0 aliphatic carbocycles. The SMILES string of the molecule is Cc1ncc(CNC(=O)c2cccc(N)c2C)s1. The summed E-state index contributed by atoms with van der Waals surface area (Å²) in [6, 6.07) is 5.35. The number of anilines is 1. The number of hydrogen-bond donors (Lipinski definition) is 2. The van der Waals surface area contributed by atoms with Crippen LogP contribution in [0.1, 0.15) is 25.8 Å². The number of carbonyl (C=O) groups is 1. The van der Waals surface area contributed by atoms with E-state index in [1.807, 2.05) is 13.8 Å². The summed E-state index contributed by atoms with van der Waals surface area (Å²) < 4.78 is 0. The van der Waals surface area contributed by atoms with E-state index in [4.69, 9.17) is 5.73 Å². The molecule has 1 aromatic carbocycles. The van der Waals surface area contributed by atoms with Crippen LogP contribution < -0.4 is 11.1 Å². The van der Waals surface area contributed by atoms with Crippen molar-refractivity contribution < 1.29 is 4.79 Å². The Labute approximate surface area is 110 Å². The maximum absolute atomic E-state index is 12.0. The molecule has 4 nitrogen and oxygen atoms in total. The maximum Gasteiger partial charge on any atom is 0.251 e. The Bertz CT molecular complexity index is 577. The van der Waals surface area contributed by atoms with E-state index in [1.165, 1.54) is 0 Å². The summed E-state index contributed by atoms with van der Waals surface area (Å²) >= 11 is 1.58. The lowest BCUT2D eigenvalue weighted by Gasteiger charge is -2.08. The molecule has 0 atom stereocenters. The first kappa shape index (κ1) is 12.6. The van der Waals surface area contributed by atoms with E-state index in [1.54, 1.807) is 35.7 Å². The molecule has 0 spiro atoms. The van der Waals surface area contributed by atoms with Gasteiger partial charge in [0.15, 0.2) is 0 Å². The lowest BCUT2D eigenvalue weighted by molar-refractivity contribution is 0.0950. The normalized spacial score (nSPS) is 10.3. The second kappa shape index (κ2) is 5.18. The molecule has 5 heteroatoms. The molecule has 1 amide bonds. The van der Waals surface area contributed by atoms with Crippen LogP contribution in [0.4, 0.5) is 5.69 Å². The Balaban J connectivity index is 2.06. The number of aryl methyl sites for hydroxylation is 1. The molecule has 0 fully saturated rings. The number of hydrogen-bond acceptors (Lipinski definition) is 4. The highest BCUT2D eigenvalue weighted by molar-refractivity contribution is 7.11. The number of carbonyl (C=O) groups excluding carboxylic acids is 1. The van der Waals surface area contributed by atoms with Crippen LogP contribution in [-0.4, -0.2) is 10.9 Å². The van der Waals surface area contributed by atoms with Crippen LogP contribution in [0.15, 0.2) is 24.4 Å². The van der Waals surface area contributed by atoms with Gasteiger partial charge in [-0.1, -0.05) is 6.07 Å². The quantitative estimate of drug-likeness (QED) is 0.833. The monoisotopic (exact) mass is 261 g/mol. The van der Waals surface area contributed by atoms with Crippen LogP contribution in [0.25, 0.3) is 0 Å². The minimum Gasteiger partial charge on any atom is -0.398 e. The van der Waals surface area contributed by atoms with Gasteiger partial charge in [-0.15, -0.1) is 11.3 Å². The van der Waals surface area contributed by atoms with Crippen LogP contribution >= 0.6 is 11.3 Å². The van der Waals surface area contributed by atoms with Gasteiger partial charge in [0.1, 0.15) is 0 Å². The molecule has 0 unspecified atom stereocenters. The van der Waals surface area contributed by atoms with E-state index in [-0.39, 0.29) is 5.91 Å². The number of thiazole rings is 1. The van der Waals surface area contributed by atoms with Crippen molar-refractivity contribution in [2.24, 2.45) is 0 Å². The van der Waals surface area contributed by atoms with Gasteiger partial charge in [-0.3, -0.25) is 4.79 Å². The summed E-state index contributed by atoms with van der Waals surface area (Å²) in [5, 5.41) is 3.87. The van der Waals surface area contributed by atoms with Crippen molar-refractivity contribution in [1.82, 2.24) is 10.3 Å². The van der Waals surface area contributed by atoms with Crippen molar-refractivity contribution in [1.29, 1.82) is 0 Å². The number of nitrogens with zero attached hydrogens (tertiary/aromatic N) is 1. The Kier molecular flexibility index (Phi) is 3.62. The topological polar surface area (TPSA) is 68.0 Å². The number of benzene rings is 1. The van der Waals surface area contributed by atoms with E-state index >= 15 is 0 Å². The Morgan fingerprint density at radius 3 is 2.89 bits per heavy atom. The van der Waals surface area contributed by atoms with Gasteiger partial charge >= 0.3 is 0 Å². The highest BCUT2D eigenvalue weighted by atomic mass is 32.1. The number of nitrogens with two attached hydrogens (primary N) is 1. The van der Waals surface area contributed by atoms with Crippen molar-refractivity contribution in [3.63, 3.8) is 0 Å². The van der Waals surface area contributed by atoms with Crippen LogP contribution in [0.2, 0.25) is 0 Å². The van der Waals surface area contributed by atoms with Gasteiger partial charge in [0.25, 0.3) is 5.91 Å². The second-order valence-corrected chi connectivity index (χ2v) is 5.37. The molecular weight excluding hydrogens is 246 g/mol. The zero-order valence-electron chi connectivity index (χ0n) is 10.4. The first-order valence-electron chi connectivity index (χ1n) is 5.62. The Morgan fingerprint density at radius 1 is 1.44 bits per heavy atom. The third-order valence-corrected chi connectivity index (χ3v) is 3.63. The maximum atomic E-state index is 12.0. The largest absolute Gasteiger partial charge is 0.398 e. The van der Waals surface area contributed by atoms with Crippen molar-refractivity contribution in [2.75, 3.05) is 5.73 Å². The summed E-state index contributed by atoms with van der Waals surface area (Å²) in [7, 11) is 0. The Hall–Kier alpha value is -1.88. The van der Waals surface area contributed by atoms with Gasteiger partial charge in [0.2, 0.25) is 0 Å². The number of nitrogen functional groups attached to an aromatic ring is 1. The van der Waals surface area contributed by atoms with Crippen molar-refractivity contribution in [2.45, 2.75) is 20.4 Å². The van der Waals surface area contributed by atoms with E-state index < -0.39 is 0 Å². The van der Waals surface area contributed by atoms with Crippen LogP contribution in [0, 0.1) is 13.8 Å². The van der Waals surface area contributed by atoms with Gasteiger partial charge in [-0.2, -0.15) is 0 Å². The zero-order chi connectivity index (χ0) is 13.1. The molecule has 2 aromatic rings. The van der Waals surface area contributed by atoms with Crippen molar-refractivity contribution in [3.05, 3.63) is 45.4 Å². The van der Waals surface area contributed by atoms with E-state index in [2.05, 4.69) is 10.3 Å². The first-order chi connectivity index (χ1) is 8.58. The fraction of sp³-hybridized carbons (Fsp3) is 0.231. The van der Waals surface area contributed by atoms with Crippen LogP contribution in [0.5, 0.6) is 0 Å². The zero-order valence-corrected chi connectivity index (χ0v) is 11.2. The predicted molar refractivity (Wildman–Crippen MR) is 73.6 cm³/mol. The lowest BCUT2D eigenvalue weighted by Crippen LogP contribution is -2.23. The molecule has 18 heavy (non-hydrogen) atoms. The first-order valence-corrected chi connectivity index (χ1v) is 6.44. The molecule has 3 N–H and O–H groups in total. The average Bonchev–Trinajstić information content (AvgIpc) is 2.76.